The van der Waals surface area contributed by atoms with Crippen molar-refractivity contribution < 1.29 is 9.13 Å². The van der Waals surface area contributed by atoms with Crippen molar-refractivity contribution in [2.45, 2.75) is 19.1 Å². The molecule has 0 aliphatic rings. The third kappa shape index (κ3) is 4.24. The van der Waals surface area contributed by atoms with Crippen molar-refractivity contribution in [3.8, 4) is 0 Å². The van der Waals surface area contributed by atoms with Gasteiger partial charge < -0.3 is 15.8 Å². The molecule has 0 aliphatic heterocycles. The topological polar surface area (TPSA) is 47.3 Å². The van der Waals surface area contributed by atoms with Crippen molar-refractivity contribution in [1.82, 2.24) is 5.32 Å². The van der Waals surface area contributed by atoms with Crippen LogP contribution in [0.1, 0.15) is 18.5 Å². The van der Waals surface area contributed by atoms with Crippen LogP contribution < -0.4 is 11.1 Å². The van der Waals surface area contributed by atoms with E-state index in [4.69, 9.17) is 22.1 Å². The summed E-state index contributed by atoms with van der Waals surface area (Å²) in [6.45, 7) is 3.00. The Morgan fingerprint density at radius 3 is 2.76 bits per heavy atom. The Kier molecular flexibility index (Phi) is 5.85. The minimum Gasteiger partial charge on any atom is -0.380 e. The molecular formula is C12H18ClFN2O. The van der Waals surface area contributed by atoms with Crippen LogP contribution in [0.5, 0.6) is 0 Å². The van der Waals surface area contributed by atoms with Gasteiger partial charge in [0.1, 0.15) is 5.82 Å². The zero-order valence-corrected chi connectivity index (χ0v) is 10.8. The van der Waals surface area contributed by atoms with Crippen LogP contribution in [0.25, 0.3) is 0 Å². The third-order valence-corrected chi connectivity index (χ3v) is 2.96. The number of hydrogen-bond donors (Lipinski definition) is 2. The highest BCUT2D eigenvalue weighted by Gasteiger charge is 2.14. The van der Waals surface area contributed by atoms with Gasteiger partial charge in [0.25, 0.3) is 0 Å². The van der Waals surface area contributed by atoms with E-state index in [9.17, 15) is 4.39 Å². The van der Waals surface area contributed by atoms with E-state index in [2.05, 4.69) is 5.32 Å². The van der Waals surface area contributed by atoms with Gasteiger partial charge in [0.05, 0.1) is 6.10 Å². The SMILES string of the molecule is COC(C)CNC(CN)c1ccc(F)cc1Cl. The summed E-state index contributed by atoms with van der Waals surface area (Å²) in [5.74, 6) is -0.347. The summed E-state index contributed by atoms with van der Waals surface area (Å²) in [6.07, 6.45) is 0.0864. The van der Waals surface area contributed by atoms with Crippen LogP contribution in [-0.2, 0) is 4.74 Å². The molecule has 5 heteroatoms. The average Bonchev–Trinajstić information content (AvgIpc) is 2.31. The summed E-state index contributed by atoms with van der Waals surface area (Å²) < 4.78 is 18.1. The first-order valence-electron chi connectivity index (χ1n) is 5.49. The maximum atomic E-state index is 12.9. The van der Waals surface area contributed by atoms with Gasteiger partial charge in [-0.05, 0) is 24.6 Å². The molecule has 17 heavy (non-hydrogen) atoms. The Morgan fingerprint density at radius 2 is 2.24 bits per heavy atom. The van der Waals surface area contributed by atoms with E-state index >= 15 is 0 Å². The van der Waals surface area contributed by atoms with Crippen molar-refractivity contribution in [3.05, 3.63) is 34.6 Å². The normalized spacial score (nSPS) is 14.6. The molecular weight excluding hydrogens is 243 g/mol. The Labute approximate surface area is 106 Å². The maximum Gasteiger partial charge on any atom is 0.124 e. The monoisotopic (exact) mass is 260 g/mol. The molecule has 2 atom stereocenters. The molecule has 3 nitrogen and oxygen atoms in total. The molecule has 3 N–H and O–H groups in total. The van der Waals surface area contributed by atoms with Crippen molar-refractivity contribution >= 4 is 11.6 Å². The quantitative estimate of drug-likeness (QED) is 0.824. The lowest BCUT2D eigenvalue weighted by molar-refractivity contribution is 0.114. The lowest BCUT2D eigenvalue weighted by Crippen LogP contribution is -2.34. The van der Waals surface area contributed by atoms with Gasteiger partial charge in [0.15, 0.2) is 0 Å². The number of rotatable bonds is 6. The van der Waals surface area contributed by atoms with Crippen molar-refractivity contribution in [2.24, 2.45) is 5.73 Å². The molecule has 1 aromatic rings. The molecule has 0 aliphatic carbocycles. The number of nitrogens with one attached hydrogen (secondary N) is 1. The number of ether oxygens (including phenoxy) is 1. The average molecular weight is 261 g/mol. The number of methoxy groups -OCH3 is 1. The predicted molar refractivity (Wildman–Crippen MR) is 67.7 cm³/mol. The first kappa shape index (κ1) is 14.4. The van der Waals surface area contributed by atoms with Gasteiger partial charge in [-0.3, -0.25) is 0 Å². The Bertz CT molecular complexity index is 362. The molecule has 0 fully saturated rings. The lowest BCUT2D eigenvalue weighted by atomic mass is 10.1. The zero-order valence-electron chi connectivity index (χ0n) is 10.0. The summed E-state index contributed by atoms with van der Waals surface area (Å²) in [4.78, 5) is 0. The molecule has 0 saturated heterocycles. The van der Waals surface area contributed by atoms with Crippen LogP contribution in [0.15, 0.2) is 18.2 Å². The van der Waals surface area contributed by atoms with E-state index < -0.39 is 0 Å². The van der Waals surface area contributed by atoms with Crippen LogP contribution in [0, 0.1) is 5.82 Å². The molecule has 0 aromatic heterocycles. The predicted octanol–water partition coefficient (Wildman–Crippen LogP) is 2.10. The van der Waals surface area contributed by atoms with E-state index in [0.717, 1.165) is 5.56 Å². The highest BCUT2D eigenvalue weighted by Crippen LogP contribution is 2.23. The summed E-state index contributed by atoms with van der Waals surface area (Å²) in [6, 6.07) is 4.23. The van der Waals surface area contributed by atoms with E-state index in [1.807, 2.05) is 6.92 Å². The molecule has 0 amide bonds. The van der Waals surface area contributed by atoms with E-state index in [0.29, 0.717) is 18.1 Å². The van der Waals surface area contributed by atoms with Gasteiger partial charge in [0, 0.05) is 31.3 Å². The summed E-state index contributed by atoms with van der Waals surface area (Å²) in [7, 11) is 1.65. The molecule has 0 radical (unpaired) electrons. The van der Waals surface area contributed by atoms with Crippen molar-refractivity contribution in [2.75, 3.05) is 20.2 Å². The fourth-order valence-corrected chi connectivity index (χ4v) is 1.79. The van der Waals surface area contributed by atoms with E-state index in [-0.39, 0.29) is 18.0 Å². The molecule has 1 aromatic carbocycles. The number of benzene rings is 1. The fraction of sp³-hybridized carbons (Fsp3) is 0.500. The Morgan fingerprint density at radius 1 is 1.53 bits per heavy atom. The highest BCUT2D eigenvalue weighted by atomic mass is 35.5. The zero-order chi connectivity index (χ0) is 12.8. The van der Waals surface area contributed by atoms with Crippen molar-refractivity contribution in [1.29, 1.82) is 0 Å². The minimum atomic E-state index is -0.347. The first-order valence-corrected chi connectivity index (χ1v) is 5.87. The van der Waals surface area contributed by atoms with E-state index in [1.54, 1.807) is 13.2 Å². The third-order valence-electron chi connectivity index (χ3n) is 2.63. The van der Waals surface area contributed by atoms with Crippen LogP contribution in [0.2, 0.25) is 5.02 Å². The molecule has 1 rings (SSSR count). The number of hydrogen-bond acceptors (Lipinski definition) is 3. The molecule has 96 valence electrons. The number of halogens is 2. The van der Waals surface area contributed by atoms with Crippen LogP contribution in [0.3, 0.4) is 0 Å². The van der Waals surface area contributed by atoms with Crippen LogP contribution in [-0.4, -0.2) is 26.3 Å². The second-order valence-corrected chi connectivity index (χ2v) is 4.32. The Balaban J connectivity index is 2.72. The van der Waals surface area contributed by atoms with Gasteiger partial charge in [0.2, 0.25) is 0 Å². The maximum absolute atomic E-state index is 12.9. The number of nitrogens with two attached hydrogens (primary N) is 1. The lowest BCUT2D eigenvalue weighted by Gasteiger charge is -2.20. The van der Waals surface area contributed by atoms with Gasteiger partial charge >= 0.3 is 0 Å². The van der Waals surface area contributed by atoms with E-state index in [1.165, 1.54) is 12.1 Å². The van der Waals surface area contributed by atoms with Crippen molar-refractivity contribution in [3.63, 3.8) is 0 Å². The summed E-state index contributed by atoms with van der Waals surface area (Å²) >= 11 is 5.99. The second-order valence-electron chi connectivity index (χ2n) is 3.91. The van der Waals surface area contributed by atoms with Gasteiger partial charge in [-0.1, -0.05) is 17.7 Å². The van der Waals surface area contributed by atoms with Crippen LogP contribution >= 0.6 is 11.6 Å². The van der Waals surface area contributed by atoms with Gasteiger partial charge in [-0.2, -0.15) is 0 Å². The summed E-state index contributed by atoms with van der Waals surface area (Å²) in [5.41, 5.74) is 6.49. The minimum absolute atomic E-state index is 0.0864. The smallest absolute Gasteiger partial charge is 0.124 e. The molecule has 0 bridgehead atoms. The van der Waals surface area contributed by atoms with Crippen LogP contribution in [0.4, 0.5) is 4.39 Å². The highest BCUT2D eigenvalue weighted by molar-refractivity contribution is 6.31. The molecule has 0 spiro atoms. The molecule has 2 unspecified atom stereocenters. The standard InChI is InChI=1S/C12H18ClFN2O/c1-8(17-2)7-16-12(6-15)10-4-3-9(14)5-11(10)13/h3-5,8,12,16H,6-7,15H2,1-2H3. The molecule has 0 heterocycles. The largest absolute Gasteiger partial charge is 0.380 e. The van der Waals surface area contributed by atoms with Gasteiger partial charge in [-0.25, -0.2) is 4.39 Å². The first-order chi connectivity index (χ1) is 8.08. The Hall–Kier alpha value is -0.680. The fourth-order valence-electron chi connectivity index (χ4n) is 1.50. The second kappa shape index (κ2) is 6.91. The van der Waals surface area contributed by atoms with Gasteiger partial charge in [-0.15, -0.1) is 0 Å². The molecule has 0 saturated carbocycles. The summed E-state index contributed by atoms with van der Waals surface area (Å²) in [5, 5.41) is 3.63.